The largest absolute Gasteiger partial charge is 0.602 e. The summed E-state index contributed by atoms with van der Waals surface area (Å²) in [5.74, 6) is -0.793. The van der Waals surface area contributed by atoms with Gasteiger partial charge in [0, 0.05) is 6.32 Å². The Balaban J connectivity index is 2.59. The summed E-state index contributed by atoms with van der Waals surface area (Å²) in [5.41, 5.74) is 0. The second kappa shape index (κ2) is 4.81. The molecule has 1 rings (SSSR count). The van der Waals surface area contributed by atoms with Crippen LogP contribution in [0.25, 0.3) is 0 Å². The minimum absolute atomic E-state index is 0.0999. The summed E-state index contributed by atoms with van der Waals surface area (Å²) in [4.78, 5) is 23.8. The molecule has 1 saturated heterocycles. The van der Waals surface area contributed by atoms with Gasteiger partial charge in [-0.3, -0.25) is 14.5 Å². The zero-order valence-corrected chi connectivity index (χ0v) is 8.06. The molecule has 1 fully saturated rings. The molecular formula is C8H12BNO4. The second-order valence-electron chi connectivity index (χ2n) is 3.11. The first-order valence-corrected chi connectivity index (χ1v) is 4.30. The van der Waals surface area contributed by atoms with Crippen molar-refractivity contribution in [3.63, 3.8) is 0 Å². The minimum Gasteiger partial charge on any atom is -0.498 e. The van der Waals surface area contributed by atoms with Gasteiger partial charge in [-0.2, -0.15) is 0 Å². The van der Waals surface area contributed by atoms with Crippen molar-refractivity contribution in [3.8, 4) is 0 Å². The van der Waals surface area contributed by atoms with Crippen LogP contribution in [0, 0.1) is 0 Å². The first kappa shape index (κ1) is 10.8. The molecule has 0 N–H and O–H groups in total. The number of allylic oxidation sites excluding steroid dienone is 1. The lowest BCUT2D eigenvalue weighted by molar-refractivity contribution is -0.145. The van der Waals surface area contributed by atoms with E-state index in [1.165, 1.54) is 11.0 Å². The normalized spacial score (nSPS) is 19.4. The van der Waals surface area contributed by atoms with Gasteiger partial charge in [0.2, 0.25) is 0 Å². The van der Waals surface area contributed by atoms with Crippen LogP contribution in [0.15, 0.2) is 12.7 Å². The Hall–Kier alpha value is -1.30. The van der Waals surface area contributed by atoms with Crippen LogP contribution in [-0.2, 0) is 18.9 Å². The monoisotopic (exact) mass is 197 g/mol. The van der Waals surface area contributed by atoms with Crippen LogP contribution in [0.3, 0.4) is 0 Å². The molecule has 1 heterocycles. The predicted molar refractivity (Wildman–Crippen MR) is 50.4 cm³/mol. The van der Waals surface area contributed by atoms with E-state index in [0.29, 0.717) is 6.32 Å². The highest BCUT2D eigenvalue weighted by Gasteiger charge is 2.29. The maximum absolute atomic E-state index is 11.1. The van der Waals surface area contributed by atoms with Gasteiger partial charge in [-0.25, -0.2) is 0 Å². The molecule has 5 nitrogen and oxygen atoms in total. The van der Waals surface area contributed by atoms with Crippen molar-refractivity contribution >= 4 is 19.1 Å². The molecule has 14 heavy (non-hydrogen) atoms. The van der Waals surface area contributed by atoms with Crippen LogP contribution in [0.4, 0.5) is 0 Å². The molecule has 1 aliphatic rings. The average molecular weight is 197 g/mol. The van der Waals surface area contributed by atoms with Gasteiger partial charge in [-0.1, -0.05) is 6.08 Å². The standard InChI is InChI=1S/C8H12BNO4/c1-3-4-9-13-7(11)5-10(2)6-8(12)14-9/h3H,1,4-6H2,2H3. The second-order valence-corrected chi connectivity index (χ2v) is 3.11. The topological polar surface area (TPSA) is 55.8 Å². The third kappa shape index (κ3) is 3.22. The summed E-state index contributed by atoms with van der Waals surface area (Å²) in [6, 6.07) is 0. The van der Waals surface area contributed by atoms with Gasteiger partial charge in [-0.05, 0) is 7.05 Å². The molecular weight excluding hydrogens is 185 g/mol. The highest BCUT2D eigenvalue weighted by atomic mass is 16.6. The zero-order chi connectivity index (χ0) is 10.6. The van der Waals surface area contributed by atoms with E-state index in [0.717, 1.165) is 0 Å². The summed E-state index contributed by atoms with van der Waals surface area (Å²) in [6.45, 7) is 3.68. The van der Waals surface area contributed by atoms with Crippen molar-refractivity contribution in [2.75, 3.05) is 20.1 Å². The molecule has 6 heteroatoms. The Morgan fingerprint density at radius 2 is 1.93 bits per heavy atom. The molecule has 0 aliphatic carbocycles. The van der Waals surface area contributed by atoms with Crippen molar-refractivity contribution < 1.29 is 18.9 Å². The van der Waals surface area contributed by atoms with E-state index in [2.05, 4.69) is 6.58 Å². The van der Waals surface area contributed by atoms with E-state index in [9.17, 15) is 9.59 Å². The van der Waals surface area contributed by atoms with Crippen molar-refractivity contribution in [1.29, 1.82) is 0 Å². The van der Waals surface area contributed by atoms with Crippen molar-refractivity contribution in [2.45, 2.75) is 6.32 Å². The van der Waals surface area contributed by atoms with Crippen LogP contribution >= 0.6 is 0 Å². The SMILES string of the molecule is C=CCB1OC(=O)CN(C)CC(=O)O1. The third-order valence-corrected chi connectivity index (χ3v) is 1.68. The Labute approximate surface area is 82.8 Å². The molecule has 0 aromatic rings. The highest BCUT2D eigenvalue weighted by Crippen LogP contribution is 2.03. The molecule has 1 aliphatic heterocycles. The van der Waals surface area contributed by atoms with Crippen LogP contribution in [0.2, 0.25) is 6.32 Å². The molecule has 0 radical (unpaired) electrons. The van der Waals surface area contributed by atoms with Gasteiger partial charge in [0.05, 0.1) is 13.1 Å². The summed E-state index contributed by atoms with van der Waals surface area (Å²) in [5, 5.41) is 0. The van der Waals surface area contributed by atoms with Crippen LogP contribution in [0.5, 0.6) is 0 Å². The molecule has 0 saturated carbocycles. The fourth-order valence-electron chi connectivity index (χ4n) is 1.12. The number of rotatable bonds is 2. The van der Waals surface area contributed by atoms with Gasteiger partial charge in [0.25, 0.3) is 0 Å². The van der Waals surface area contributed by atoms with Crippen molar-refractivity contribution in [1.82, 2.24) is 4.90 Å². The summed E-state index contributed by atoms with van der Waals surface area (Å²) in [6.07, 6.45) is 1.86. The molecule has 76 valence electrons. The van der Waals surface area contributed by atoms with Gasteiger partial charge in [0.15, 0.2) is 0 Å². The number of likely N-dealkylation sites (N-methyl/N-ethyl adjacent to an activating group) is 1. The Morgan fingerprint density at radius 3 is 2.36 bits per heavy atom. The van der Waals surface area contributed by atoms with E-state index >= 15 is 0 Å². The van der Waals surface area contributed by atoms with Crippen LogP contribution < -0.4 is 0 Å². The summed E-state index contributed by atoms with van der Waals surface area (Å²) >= 11 is 0. The third-order valence-electron chi connectivity index (χ3n) is 1.68. The molecule has 0 atom stereocenters. The number of carbonyl (C=O) groups is 2. The Kier molecular flexibility index (Phi) is 3.70. The van der Waals surface area contributed by atoms with Crippen molar-refractivity contribution in [2.24, 2.45) is 0 Å². The van der Waals surface area contributed by atoms with Gasteiger partial charge in [0.1, 0.15) is 0 Å². The lowest BCUT2D eigenvalue weighted by Gasteiger charge is -2.21. The molecule has 0 aromatic heterocycles. The maximum atomic E-state index is 11.1. The molecule has 0 aromatic carbocycles. The van der Waals surface area contributed by atoms with E-state index < -0.39 is 19.1 Å². The maximum Gasteiger partial charge on any atom is 0.602 e. The van der Waals surface area contributed by atoms with Crippen LogP contribution in [-0.4, -0.2) is 44.1 Å². The highest BCUT2D eigenvalue weighted by molar-refractivity contribution is 6.49. The van der Waals surface area contributed by atoms with E-state index in [4.69, 9.17) is 9.31 Å². The predicted octanol–water partition coefficient (Wildman–Crippen LogP) is -0.308. The summed E-state index contributed by atoms with van der Waals surface area (Å²) in [7, 11) is 0.831. The fraction of sp³-hybridized carbons (Fsp3) is 0.500. The lowest BCUT2D eigenvalue weighted by atomic mass is 9.84. The van der Waals surface area contributed by atoms with Gasteiger partial charge in [-0.15, -0.1) is 6.58 Å². The fourth-order valence-corrected chi connectivity index (χ4v) is 1.12. The van der Waals surface area contributed by atoms with E-state index in [1.807, 2.05) is 0 Å². The van der Waals surface area contributed by atoms with Gasteiger partial charge < -0.3 is 9.31 Å². The zero-order valence-electron chi connectivity index (χ0n) is 8.06. The Morgan fingerprint density at radius 1 is 1.43 bits per heavy atom. The molecule has 0 spiro atoms. The van der Waals surface area contributed by atoms with E-state index in [-0.39, 0.29) is 13.1 Å². The number of hydrogen-bond donors (Lipinski definition) is 0. The average Bonchev–Trinajstić information content (AvgIpc) is 2.00. The smallest absolute Gasteiger partial charge is 0.498 e. The molecule has 0 amide bonds. The number of carbonyl (C=O) groups excluding carboxylic acids is 2. The lowest BCUT2D eigenvalue weighted by Crippen LogP contribution is -2.42. The van der Waals surface area contributed by atoms with Crippen LogP contribution in [0.1, 0.15) is 0 Å². The first-order chi connectivity index (χ1) is 6.61. The number of hydrogen-bond acceptors (Lipinski definition) is 5. The van der Waals surface area contributed by atoms with E-state index in [1.54, 1.807) is 7.05 Å². The van der Waals surface area contributed by atoms with Crippen molar-refractivity contribution in [3.05, 3.63) is 12.7 Å². The van der Waals surface area contributed by atoms with Gasteiger partial charge >= 0.3 is 19.1 Å². The minimum atomic E-state index is -0.818. The summed E-state index contributed by atoms with van der Waals surface area (Å²) < 4.78 is 9.76. The molecule has 0 unspecified atom stereocenters. The number of nitrogens with zero attached hydrogens (tertiary/aromatic N) is 1. The first-order valence-electron chi connectivity index (χ1n) is 4.30. The molecule has 0 bridgehead atoms. The Bertz CT molecular complexity index is 236. The quantitative estimate of drug-likeness (QED) is 0.449.